The molecule has 0 aliphatic heterocycles. The average molecular weight is 301 g/mol. The molecule has 1 aromatic rings. The summed E-state index contributed by atoms with van der Waals surface area (Å²) in [5, 5.41) is 0. The molecule has 0 saturated carbocycles. The zero-order chi connectivity index (χ0) is 12.7. The minimum atomic E-state index is 0.267. The fraction of sp³-hybridized carbons (Fsp3) is 0.538. The molecule has 3 nitrogen and oxygen atoms in total. The first-order valence-corrected chi connectivity index (χ1v) is 6.66. The lowest BCUT2D eigenvalue weighted by Crippen LogP contribution is -2.42. The fourth-order valence-corrected chi connectivity index (χ4v) is 2.28. The molecular weight excluding hydrogens is 280 g/mol. The minimum Gasteiger partial charge on any atom is -0.385 e. The molecule has 17 heavy (non-hydrogen) atoms. The van der Waals surface area contributed by atoms with Gasteiger partial charge >= 0.3 is 0 Å². The molecule has 0 aromatic heterocycles. The van der Waals surface area contributed by atoms with Crippen molar-refractivity contribution in [1.82, 2.24) is 5.43 Å². The minimum absolute atomic E-state index is 0.267. The molecule has 0 heterocycles. The second-order valence-electron chi connectivity index (χ2n) is 4.33. The van der Waals surface area contributed by atoms with Gasteiger partial charge in [-0.25, -0.2) is 0 Å². The third-order valence-electron chi connectivity index (χ3n) is 3.08. The summed E-state index contributed by atoms with van der Waals surface area (Å²) in [4.78, 5) is 0. The van der Waals surface area contributed by atoms with Crippen LogP contribution in [0.1, 0.15) is 18.9 Å². The van der Waals surface area contributed by atoms with E-state index in [2.05, 4.69) is 40.4 Å². The predicted octanol–water partition coefficient (Wildman–Crippen LogP) is 2.50. The standard InChI is InChI=1S/C13H21BrN2O/c1-10(7-8-17-2)13(16-15)9-11-5-3-4-6-12(11)14/h3-6,10,13,16H,7-9,15H2,1-2H3. The Morgan fingerprint density at radius 3 is 2.71 bits per heavy atom. The van der Waals surface area contributed by atoms with Crippen LogP contribution >= 0.6 is 15.9 Å². The number of benzene rings is 1. The Hall–Kier alpha value is -0.420. The first-order chi connectivity index (χ1) is 8.19. The van der Waals surface area contributed by atoms with Gasteiger partial charge in [-0.2, -0.15) is 0 Å². The lowest BCUT2D eigenvalue weighted by molar-refractivity contribution is 0.170. The molecule has 96 valence electrons. The third kappa shape index (κ3) is 4.76. The predicted molar refractivity (Wildman–Crippen MR) is 74.6 cm³/mol. The fourth-order valence-electron chi connectivity index (χ4n) is 1.83. The summed E-state index contributed by atoms with van der Waals surface area (Å²) >= 11 is 3.56. The third-order valence-corrected chi connectivity index (χ3v) is 3.85. The SMILES string of the molecule is COCCC(C)C(Cc1ccccc1Br)NN. The van der Waals surface area contributed by atoms with Gasteiger partial charge in [0, 0.05) is 24.2 Å². The number of nitrogens with one attached hydrogen (secondary N) is 1. The van der Waals surface area contributed by atoms with Crippen molar-refractivity contribution in [1.29, 1.82) is 0 Å². The normalized spacial score (nSPS) is 14.6. The summed E-state index contributed by atoms with van der Waals surface area (Å²) in [6.45, 7) is 2.97. The lowest BCUT2D eigenvalue weighted by Gasteiger charge is -2.23. The van der Waals surface area contributed by atoms with E-state index in [1.54, 1.807) is 7.11 Å². The summed E-state index contributed by atoms with van der Waals surface area (Å²) in [6, 6.07) is 8.52. The summed E-state index contributed by atoms with van der Waals surface area (Å²) in [5.41, 5.74) is 4.19. The van der Waals surface area contributed by atoms with Crippen molar-refractivity contribution in [2.24, 2.45) is 11.8 Å². The molecule has 0 bridgehead atoms. The van der Waals surface area contributed by atoms with Crippen molar-refractivity contribution in [2.45, 2.75) is 25.8 Å². The smallest absolute Gasteiger partial charge is 0.0465 e. The molecule has 3 N–H and O–H groups in total. The van der Waals surface area contributed by atoms with Crippen molar-refractivity contribution >= 4 is 15.9 Å². The second-order valence-corrected chi connectivity index (χ2v) is 5.18. The van der Waals surface area contributed by atoms with Gasteiger partial charge in [-0.05, 0) is 30.4 Å². The molecule has 0 fully saturated rings. The molecule has 0 aliphatic rings. The van der Waals surface area contributed by atoms with Crippen molar-refractivity contribution in [3.05, 3.63) is 34.3 Å². The van der Waals surface area contributed by atoms with Crippen LogP contribution in [0.25, 0.3) is 0 Å². The van der Waals surface area contributed by atoms with Gasteiger partial charge in [-0.3, -0.25) is 11.3 Å². The molecule has 0 radical (unpaired) electrons. The van der Waals surface area contributed by atoms with Crippen LogP contribution in [-0.4, -0.2) is 19.8 Å². The zero-order valence-corrected chi connectivity index (χ0v) is 12.0. The van der Waals surface area contributed by atoms with Gasteiger partial charge in [-0.1, -0.05) is 41.1 Å². The summed E-state index contributed by atoms with van der Waals surface area (Å²) < 4.78 is 6.24. The van der Waals surface area contributed by atoms with E-state index in [9.17, 15) is 0 Å². The number of hydrogen-bond acceptors (Lipinski definition) is 3. The van der Waals surface area contributed by atoms with Crippen molar-refractivity contribution in [3.8, 4) is 0 Å². The Balaban J connectivity index is 2.60. The second kappa shape index (κ2) is 7.82. The van der Waals surface area contributed by atoms with Crippen molar-refractivity contribution in [3.63, 3.8) is 0 Å². The maximum atomic E-state index is 5.64. The molecule has 2 unspecified atom stereocenters. The lowest BCUT2D eigenvalue weighted by atomic mass is 9.93. The highest BCUT2D eigenvalue weighted by molar-refractivity contribution is 9.10. The van der Waals surface area contributed by atoms with Crippen LogP contribution in [0, 0.1) is 5.92 Å². The maximum absolute atomic E-state index is 5.64. The number of hydrazine groups is 1. The van der Waals surface area contributed by atoms with E-state index in [1.807, 2.05) is 12.1 Å². The molecule has 0 aliphatic carbocycles. The molecule has 0 spiro atoms. The Morgan fingerprint density at radius 1 is 1.41 bits per heavy atom. The van der Waals surface area contributed by atoms with Crippen LogP contribution in [0.5, 0.6) is 0 Å². The van der Waals surface area contributed by atoms with Crippen LogP contribution in [-0.2, 0) is 11.2 Å². The van der Waals surface area contributed by atoms with E-state index in [-0.39, 0.29) is 6.04 Å². The first kappa shape index (κ1) is 14.6. The Labute approximate surface area is 112 Å². The Bertz CT molecular complexity index is 333. The van der Waals surface area contributed by atoms with Gasteiger partial charge in [0.1, 0.15) is 0 Å². The van der Waals surface area contributed by atoms with Crippen LogP contribution in [0.15, 0.2) is 28.7 Å². The number of ether oxygens (including phenoxy) is 1. The van der Waals surface area contributed by atoms with Gasteiger partial charge < -0.3 is 4.74 Å². The molecular formula is C13H21BrN2O. The van der Waals surface area contributed by atoms with E-state index >= 15 is 0 Å². The van der Waals surface area contributed by atoms with E-state index in [0.29, 0.717) is 5.92 Å². The monoisotopic (exact) mass is 300 g/mol. The molecule has 4 heteroatoms. The molecule has 1 aromatic carbocycles. The highest BCUT2D eigenvalue weighted by Gasteiger charge is 2.17. The van der Waals surface area contributed by atoms with Crippen molar-refractivity contribution in [2.75, 3.05) is 13.7 Å². The summed E-state index contributed by atoms with van der Waals surface area (Å²) in [6.07, 6.45) is 1.93. The quantitative estimate of drug-likeness (QED) is 0.601. The molecule has 0 saturated heterocycles. The van der Waals surface area contributed by atoms with E-state index in [0.717, 1.165) is 23.9 Å². The maximum Gasteiger partial charge on any atom is 0.0465 e. The number of hydrogen-bond donors (Lipinski definition) is 2. The number of methoxy groups -OCH3 is 1. The topological polar surface area (TPSA) is 47.3 Å². The number of halogens is 1. The van der Waals surface area contributed by atoms with Crippen LogP contribution in [0.4, 0.5) is 0 Å². The number of rotatable bonds is 7. The highest BCUT2D eigenvalue weighted by Crippen LogP contribution is 2.20. The largest absolute Gasteiger partial charge is 0.385 e. The average Bonchev–Trinajstić information content (AvgIpc) is 2.35. The van der Waals surface area contributed by atoms with E-state index < -0.39 is 0 Å². The van der Waals surface area contributed by atoms with Crippen LogP contribution in [0.2, 0.25) is 0 Å². The van der Waals surface area contributed by atoms with Gasteiger partial charge in [0.25, 0.3) is 0 Å². The zero-order valence-electron chi connectivity index (χ0n) is 10.4. The van der Waals surface area contributed by atoms with Crippen molar-refractivity contribution < 1.29 is 4.74 Å². The first-order valence-electron chi connectivity index (χ1n) is 5.87. The highest BCUT2D eigenvalue weighted by atomic mass is 79.9. The van der Waals surface area contributed by atoms with Gasteiger partial charge in [0.2, 0.25) is 0 Å². The van der Waals surface area contributed by atoms with E-state index in [4.69, 9.17) is 10.6 Å². The van der Waals surface area contributed by atoms with Gasteiger partial charge in [0.15, 0.2) is 0 Å². The van der Waals surface area contributed by atoms with Crippen LogP contribution in [0.3, 0.4) is 0 Å². The van der Waals surface area contributed by atoms with Crippen LogP contribution < -0.4 is 11.3 Å². The number of nitrogens with two attached hydrogens (primary N) is 1. The Morgan fingerprint density at radius 2 is 2.12 bits per heavy atom. The Kier molecular flexibility index (Phi) is 6.73. The van der Waals surface area contributed by atoms with E-state index in [1.165, 1.54) is 5.56 Å². The van der Waals surface area contributed by atoms with Gasteiger partial charge in [0.05, 0.1) is 0 Å². The molecule has 2 atom stereocenters. The molecule has 1 rings (SSSR count). The van der Waals surface area contributed by atoms with Gasteiger partial charge in [-0.15, -0.1) is 0 Å². The summed E-state index contributed by atoms with van der Waals surface area (Å²) in [7, 11) is 1.73. The summed E-state index contributed by atoms with van der Waals surface area (Å²) in [5.74, 6) is 6.12. The molecule has 0 amide bonds.